The van der Waals surface area contributed by atoms with Gasteiger partial charge in [-0.25, -0.2) is 8.42 Å². The predicted molar refractivity (Wildman–Crippen MR) is 116 cm³/mol. The monoisotopic (exact) mass is 422 g/mol. The number of sulfonamides is 1. The molecule has 1 unspecified atom stereocenters. The van der Waals surface area contributed by atoms with Crippen LogP contribution in [0.3, 0.4) is 0 Å². The van der Waals surface area contributed by atoms with Crippen molar-refractivity contribution in [2.45, 2.75) is 17.5 Å². The fraction of sp³-hybridized carbons (Fsp3) is 0.130. The molecule has 0 bridgehead atoms. The molecule has 1 aromatic heterocycles. The minimum Gasteiger partial charge on any atom is -0.348 e. The van der Waals surface area contributed by atoms with Gasteiger partial charge in [-0.3, -0.25) is 0 Å². The summed E-state index contributed by atoms with van der Waals surface area (Å²) in [5.74, 6) is 0. The van der Waals surface area contributed by atoms with Crippen LogP contribution in [0.1, 0.15) is 17.3 Å². The molecule has 0 N–H and O–H groups in total. The second-order valence-corrected chi connectivity index (χ2v) is 9.53. The lowest BCUT2D eigenvalue weighted by Crippen LogP contribution is -2.42. The first-order valence-corrected chi connectivity index (χ1v) is 11.3. The van der Waals surface area contributed by atoms with Gasteiger partial charge in [0.1, 0.15) is 0 Å². The van der Waals surface area contributed by atoms with E-state index in [9.17, 15) is 8.42 Å². The Labute approximate surface area is 175 Å². The molecule has 0 saturated heterocycles. The highest BCUT2D eigenvalue weighted by molar-refractivity contribution is 7.89. The van der Waals surface area contributed by atoms with Crippen molar-refractivity contribution in [2.75, 3.05) is 6.54 Å². The Morgan fingerprint density at radius 3 is 2.38 bits per heavy atom. The lowest BCUT2D eigenvalue weighted by molar-refractivity contribution is 0.298. The minimum absolute atomic E-state index is 0.315. The number of benzene rings is 3. The van der Waals surface area contributed by atoms with Crippen molar-refractivity contribution in [2.24, 2.45) is 0 Å². The summed E-state index contributed by atoms with van der Waals surface area (Å²) in [6.45, 7) is 1.03. The summed E-state index contributed by atoms with van der Waals surface area (Å²) in [5, 5.41) is 2.56. The zero-order valence-electron chi connectivity index (χ0n) is 15.6. The van der Waals surface area contributed by atoms with Crippen molar-refractivity contribution in [1.82, 2.24) is 8.87 Å². The fourth-order valence-electron chi connectivity index (χ4n) is 4.07. The lowest BCUT2D eigenvalue weighted by Gasteiger charge is -2.36. The molecule has 1 atom stereocenters. The molecule has 2 heterocycles. The van der Waals surface area contributed by atoms with Gasteiger partial charge < -0.3 is 4.57 Å². The van der Waals surface area contributed by atoms with Crippen LogP contribution in [0.5, 0.6) is 0 Å². The lowest BCUT2D eigenvalue weighted by atomic mass is 10.0. The molecule has 0 fully saturated rings. The summed E-state index contributed by atoms with van der Waals surface area (Å²) >= 11 is 6.07. The quantitative estimate of drug-likeness (QED) is 0.461. The average Bonchev–Trinajstić information content (AvgIpc) is 3.22. The summed E-state index contributed by atoms with van der Waals surface area (Å²) in [6, 6.07) is 24.1. The van der Waals surface area contributed by atoms with E-state index in [0.717, 1.165) is 22.0 Å². The molecule has 4 aromatic rings. The average molecular weight is 423 g/mol. The molecular formula is C23H19ClN2O2S. The maximum Gasteiger partial charge on any atom is 0.244 e. The molecule has 0 saturated carbocycles. The van der Waals surface area contributed by atoms with E-state index in [1.807, 2.05) is 60.8 Å². The SMILES string of the molecule is O=S(=O)(c1ccc2ccccc2c1)N1CCn2cccc2C1c1ccc(Cl)cc1. The Bertz CT molecular complexity index is 1300. The van der Waals surface area contributed by atoms with E-state index in [1.54, 1.807) is 28.6 Å². The predicted octanol–water partition coefficient (Wildman–Crippen LogP) is 5.09. The van der Waals surface area contributed by atoms with E-state index in [1.165, 1.54) is 0 Å². The van der Waals surface area contributed by atoms with Crippen LogP contribution in [0.2, 0.25) is 5.02 Å². The third kappa shape index (κ3) is 3.15. The van der Waals surface area contributed by atoms with Crippen LogP contribution in [0.4, 0.5) is 0 Å². The number of hydrogen-bond acceptors (Lipinski definition) is 2. The van der Waals surface area contributed by atoms with Crippen molar-refractivity contribution in [3.8, 4) is 0 Å². The topological polar surface area (TPSA) is 42.3 Å². The largest absolute Gasteiger partial charge is 0.348 e. The van der Waals surface area contributed by atoms with Crippen molar-refractivity contribution in [1.29, 1.82) is 0 Å². The number of halogens is 1. The van der Waals surface area contributed by atoms with Crippen LogP contribution in [-0.4, -0.2) is 23.8 Å². The molecule has 29 heavy (non-hydrogen) atoms. The number of nitrogens with zero attached hydrogens (tertiary/aromatic N) is 2. The fourth-order valence-corrected chi connectivity index (χ4v) is 5.81. The molecule has 6 heteroatoms. The highest BCUT2D eigenvalue weighted by atomic mass is 35.5. The molecule has 4 nitrogen and oxygen atoms in total. The highest BCUT2D eigenvalue weighted by Crippen LogP contribution is 2.37. The molecule has 1 aliphatic rings. The highest BCUT2D eigenvalue weighted by Gasteiger charge is 2.37. The summed E-state index contributed by atoms with van der Waals surface area (Å²) < 4.78 is 31.1. The van der Waals surface area contributed by atoms with E-state index in [2.05, 4.69) is 4.57 Å². The smallest absolute Gasteiger partial charge is 0.244 e. The van der Waals surface area contributed by atoms with Gasteiger partial charge in [0.05, 0.1) is 10.9 Å². The zero-order chi connectivity index (χ0) is 20.0. The first-order valence-electron chi connectivity index (χ1n) is 9.45. The van der Waals surface area contributed by atoms with E-state index < -0.39 is 16.1 Å². The summed E-state index contributed by atoms with van der Waals surface area (Å²) in [7, 11) is -3.69. The van der Waals surface area contributed by atoms with Gasteiger partial charge in [-0.05, 0) is 52.7 Å². The van der Waals surface area contributed by atoms with E-state index in [-0.39, 0.29) is 0 Å². The number of rotatable bonds is 3. The normalized spacial score (nSPS) is 17.3. The Balaban J connectivity index is 1.64. The second-order valence-electron chi connectivity index (χ2n) is 7.21. The van der Waals surface area contributed by atoms with Gasteiger partial charge in [-0.2, -0.15) is 4.31 Å². The van der Waals surface area contributed by atoms with Crippen molar-refractivity contribution < 1.29 is 8.42 Å². The minimum atomic E-state index is -3.69. The Morgan fingerprint density at radius 2 is 1.59 bits per heavy atom. The van der Waals surface area contributed by atoms with Gasteiger partial charge in [-0.15, -0.1) is 0 Å². The molecule has 0 amide bonds. The molecule has 0 spiro atoms. The Morgan fingerprint density at radius 1 is 0.828 bits per heavy atom. The van der Waals surface area contributed by atoms with Crippen molar-refractivity contribution >= 4 is 32.4 Å². The van der Waals surface area contributed by atoms with Crippen LogP contribution >= 0.6 is 11.6 Å². The summed E-state index contributed by atoms with van der Waals surface area (Å²) in [6.07, 6.45) is 2.00. The molecule has 1 aliphatic heterocycles. The standard InChI is InChI=1S/C23H19ClN2O2S/c24-20-10-7-18(8-11-20)23-22-6-3-13-25(22)14-15-26(23)29(27,28)21-12-9-17-4-1-2-5-19(17)16-21/h1-13,16,23H,14-15H2. The van der Waals surface area contributed by atoms with E-state index in [4.69, 9.17) is 11.6 Å². The molecule has 3 aromatic carbocycles. The van der Waals surface area contributed by atoms with Gasteiger partial charge in [0.15, 0.2) is 0 Å². The Hall–Kier alpha value is -2.60. The molecule has 0 aliphatic carbocycles. The molecular weight excluding hydrogens is 404 g/mol. The van der Waals surface area contributed by atoms with Gasteiger partial charge in [0.2, 0.25) is 10.0 Å². The number of hydrogen-bond donors (Lipinski definition) is 0. The van der Waals surface area contributed by atoms with Gasteiger partial charge in [0, 0.05) is 30.0 Å². The van der Waals surface area contributed by atoms with Crippen LogP contribution in [0, 0.1) is 0 Å². The Kier molecular flexibility index (Phi) is 4.46. The van der Waals surface area contributed by atoms with Gasteiger partial charge in [0.25, 0.3) is 0 Å². The third-order valence-electron chi connectivity index (χ3n) is 5.51. The summed E-state index contributed by atoms with van der Waals surface area (Å²) in [4.78, 5) is 0.315. The van der Waals surface area contributed by atoms with Gasteiger partial charge in [-0.1, -0.05) is 54.1 Å². The van der Waals surface area contributed by atoms with Crippen LogP contribution in [-0.2, 0) is 16.6 Å². The van der Waals surface area contributed by atoms with Crippen molar-refractivity contribution in [3.05, 3.63) is 101 Å². The van der Waals surface area contributed by atoms with Gasteiger partial charge >= 0.3 is 0 Å². The molecule has 0 radical (unpaired) electrons. The molecule has 5 rings (SSSR count). The first-order chi connectivity index (χ1) is 14.0. The first kappa shape index (κ1) is 18.4. The van der Waals surface area contributed by atoms with E-state index >= 15 is 0 Å². The second kappa shape index (κ2) is 7.02. The van der Waals surface area contributed by atoms with Crippen LogP contribution in [0.15, 0.2) is 90.0 Å². The van der Waals surface area contributed by atoms with Crippen LogP contribution in [0.25, 0.3) is 10.8 Å². The van der Waals surface area contributed by atoms with Crippen LogP contribution < -0.4 is 0 Å². The summed E-state index contributed by atoms with van der Waals surface area (Å²) in [5.41, 5.74) is 1.86. The maximum absolute atomic E-state index is 13.7. The van der Waals surface area contributed by atoms with E-state index in [0.29, 0.717) is 23.0 Å². The number of fused-ring (bicyclic) bond motifs is 2. The van der Waals surface area contributed by atoms with Crippen molar-refractivity contribution in [3.63, 3.8) is 0 Å². The molecule has 146 valence electrons. The third-order valence-corrected chi connectivity index (χ3v) is 7.62. The number of aromatic nitrogens is 1. The zero-order valence-corrected chi connectivity index (χ0v) is 17.1. The maximum atomic E-state index is 13.7.